The van der Waals surface area contributed by atoms with Gasteiger partial charge < -0.3 is 14.9 Å². The largest absolute Gasteiger partial charge is 0.506 e. The van der Waals surface area contributed by atoms with Crippen molar-refractivity contribution >= 4 is 32.6 Å². The molecule has 0 fully saturated rings. The molecule has 0 unspecified atom stereocenters. The van der Waals surface area contributed by atoms with Gasteiger partial charge in [-0.2, -0.15) is 8.42 Å². The van der Waals surface area contributed by atoms with Gasteiger partial charge in [-0.3, -0.25) is 4.79 Å². The fraction of sp³-hybridized carbons (Fsp3) is 0.350. The molecule has 0 radical (unpaired) electrons. The quantitative estimate of drug-likeness (QED) is 0.619. The van der Waals surface area contributed by atoms with Crippen molar-refractivity contribution in [2.75, 3.05) is 11.4 Å². The molecule has 9 heteroatoms. The van der Waals surface area contributed by atoms with Gasteiger partial charge in [-0.05, 0) is 61.6 Å². The van der Waals surface area contributed by atoms with E-state index in [2.05, 4.69) is 0 Å². The van der Waals surface area contributed by atoms with Crippen LogP contribution in [0.4, 0.5) is 5.69 Å². The number of nitrogens with one attached hydrogen (secondary N) is 1. The highest BCUT2D eigenvalue weighted by Gasteiger charge is 2.31. The first kappa shape index (κ1) is 20.8. The minimum absolute atomic E-state index is 0.0398. The van der Waals surface area contributed by atoms with Gasteiger partial charge in [0, 0.05) is 0 Å². The highest BCUT2D eigenvalue weighted by Crippen LogP contribution is 2.36. The first-order valence-corrected chi connectivity index (χ1v) is 10.5. The van der Waals surface area contributed by atoms with Crippen LogP contribution in [0.15, 0.2) is 42.4 Å². The van der Waals surface area contributed by atoms with Crippen LogP contribution in [0, 0.1) is 5.41 Å². The number of phenols is 1. The van der Waals surface area contributed by atoms with E-state index in [1.807, 2.05) is 36.8 Å². The molecule has 0 aliphatic carbocycles. The number of esters is 1. The first-order valence-electron chi connectivity index (χ1n) is 9.10. The smallest absolute Gasteiger partial charge is 0.330 e. The molecule has 29 heavy (non-hydrogen) atoms. The van der Waals surface area contributed by atoms with E-state index in [0.29, 0.717) is 6.42 Å². The van der Waals surface area contributed by atoms with E-state index < -0.39 is 21.5 Å². The summed E-state index contributed by atoms with van der Waals surface area (Å²) in [6.45, 7) is 3.70. The van der Waals surface area contributed by atoms with Crippen molar-refractivity contribution in [1.29, 1.82) is 0 Å². The molecule has 0 bridgehead atoms. The summed E-state index contributed by atoms with van der Waals surface area (Å²) >= 11 is 0. The van der Waals surface area contributed by atoms with Gasteiger partial charge in [0.25, 0.3) is 0 Å². The Morgan fingerprint density at radius 3 is 2.52 bits per heavy atom. The number of aromatic hydroxyl groups is 1. The number of hydrogen-bond acceptors (Lipinski definition) is 6. The number of carbonyl (C=O) groups excluding carboxylic acids is 1. The number of anilines is 1. The van der Waals surface area contributed by atoms with E-state index in [0.717, 1.165) is 39.7 Å². The van der Waals surface area contributed by atoms with E-state index in [4.69, 9.17) is 4.74 Å². The van der Waals surface area contributed by atoms with Crippen LogP contribution in [0.5, 0.6) is 5.75 Å². The van der Waals surface area contributed by atoms with Gasteiger partial charge in [-0.1, -0.05) is 18.2 Å². The summed E-state index contributed by atoms with van der Waals surface area (Å²) < 4.78 is 31.8. The maximum atomic E-state index is 12.1. The lowest BCUT2D eigenvalue weighted by molar-refractivity contribution is -0.151. The highest BCUT2D eigenvalue weighted by atomic mass is 32.2. The number of carbonyl (C=O) groups is 1. The number of methoxy groups -OCH3 is 1. The van der Waals surface area contributed by atoms with Crippen LogP contribution < -0.4 is 9.03 Å². The minimum Gasteiger partial charge on any atom is -0.506 e. The van der Waals surface area contributed by atoms with Crippen molar-refractivity contribution < 1.29 is 28.2 Å². The van der Waals surface area contributed by atoms with Gasteiger partial charge in [0.2, 0.25) is 5.88 Å². The number of phenolic OH excluding ortho intramolecular Hbond substituents is 1. The maximum Gasteiger partial charge on any atom is 0.330 e. The maximum absolute atomic E-state index is 12.1. The topological polar surface area (TPSA) is 116 Å². The average Bonchev–Trinajstić information content (AvgIpc) is 2.92. The van der Waals surface area contributed by atoms with Gasteiger partial charge in [0.05, 0.1) is 18.7 Å². The normalized spacial score (nSPS) is 15.8. The molecule has 1 aliphatic rings. The number of ether oxygens (including phenoxy) is 1. The Bertz CT molecular complexity index is 1090. The van der Waals surface area contributed by atoms with E-state index in [9.17, 15) is 23.4 Å². The Kier molecular flexibility index (Phi) is 5.36. The molecular weight excluding hydrogens is 396 g/mol. The minimum atomic E-state index is -3.99. The predicted molar refractivity (Wildman–Crippen MR) is 110 cm³/mol. The summed E-state index contributed by atoms with van der Waals surface area (Å²) in [5.41, 5.74) is 0.504. The summed E-state index contributed by atoms with van der Waals surface area (Å²) in [5, 5.41) is 21.3. The number of rotatable bonds is 6. The number of aliphatic hydroxyl groups excluding tert-OH is 1. The van der Waals surface area contributed by atoms with Gasteiger partial charge in [-0.25, -0.2) is 9.03 Å². The third-order valence-corrected chi connectivity index (χ3v) is 6.26. The zero-order valence-corrected chi connectivity index (χ0v) is 17.3. The molecule has 2 aromatic carbocycles. The SMILES string of the molecule is COC(=O)C(C)(C)CCCc1ccc2cc(O)c(N3C=C(O)NS3(=O)=O)cc2c1. The molecular formula is C20H24N2O6S. The first-order chi connectivity index (χ1) is 13.5. The van der Waals surface area contributed by atoms with Crippen molar-refractivity contribution in [3.05, 3.63) is 48.0 Å². The lowest BCUT2D eigenvalue weighted by Gasteiger charge is -2.21. The second-order valence-corrected chi connectivity index (χ2v) is 9.22. The summed E-state index contributed by atoms with van der Waals surface area (Å²) in [5.74, 6) is -0.985. The summed E-state index contributed by atoms with van der Waals surface area (Å²) in [7, 11) is -2.61. The van der Waals surface area contributed by atoms with Crippen molar-refractivity contribution in [3.63, 3.8) is 0 Å². The van der Waals surface area contributed by atoms with E-state index in [-0.39, 0.29) is 17.4 Å². The molecule has 1 heterocycles. The van der Waals surface area contributed by atoms with E-state index >= 15 is 0 Å². The molecule has 2 aromatic rings. The van der Waals surface area contributed by atoms with Crippen LogP contribution in [-0.2, 0) is 26.2 Å². The summed E-state index contributed by atoms with van der Waals surface area (Å²) in [6, 6.07) is 8.74. The Morgan fingerprint density at radius 2 is 1.90 bits per heavy atom. The second kappa shape index (κ2) is 7.47. The standard InChI is InChI=1S/C20H24N2O6S/c1-20(2,19(25)28-3)8-4-5-13-6-7-14-11-17(23)16(10-15(14)9-13)22-12-18(24)21-29(22,26)27/h6-7,9-12,21,23-24H,4-5,8H2,1-3H3. The number of aryl methyl sites for hydroxylation is 1. The van der Waals surface area contributed by atoms with Crippen LogP contribution in [0.1, 0.15) is 32.3 Å². The molecule has 3 rings (SSSR count). The predicted octanol–water partition coefficient (Wildman–Crippen LogP) is 3.08. The Hall–Kier alpha value is -2.94. The lowest BCUT2D eigenvalue weighted by Crippen LogP contribution is -2.29. The van der Waals surface area contributed by atoms with Crippen molar-refractivity contribution in [2.24, 2.45) is 5.41 Å². The molecule has 0 saturated carbocycles. The van der Waals surface area contributed by atoms with Crippen LogP contribution in [0.2, 0.25) is 0 Å². The van der Waals surface area contributed by atoms with Crippen LogP contribution in [-0.4, -0.2) is 31.7 Å². The van der Waals surface area contributed by atoms with Crippen molar-refractivity contribution in [1.82, 2.24) is 4.72 Å². The monoisotopic (exact) mass is 420 g/mol. The Morgan fingerprint density at radius 1 is 1.17 bits per heavy atom. The molecule has 156 valence electrons. The highest BCUT2D eigenvalue weighted by molar-refractivity contribution is 7.91. The second-order valence-electron chi connectivity index (χ2n) is 7.67. The molecule has 3 N–H and O–H groups in total. The number of hydrogen-bond donors (Lipinski definition) is 3. The van der Waals surface area contributed by atoms with E-state index in [1.54, 1.807) is 6.07 Å². The number of benzene rings is 2. The zero-order chi connectivity index (χ0) is 21.4. The van der Waals surface area contributed by atoms with Crippen LogP contribution >= 0.6 is 0 Å². The molecule has 0 amide bonds. The Labute approximate surface area is 169 Å². The van der Waals surface area contributed by atoms with Gasteiger partial charge in [-0.15, -0.1) is 0 Å². The van der Waals surface area contributed by atoms with Crippen LogP contribution in [0.25, 0.3) is 10.8 Å². The molecule has 0 spiro atoms. The van der Waals surface area contributed by atoms with E-state index in [1.165, 1.54) is 13.2 Å². The average molecular weight is 420 g/mol. The Balaban J connectivity index is 1.84. The summed E-state index contributed by atoms with van der Waals surface area (Å²) in [4.78, 5) is 11.8. The third-order valence-electron chi connectivity index (χ3n) is 4.97. The van der Waals surface area contributed by atoms with Crippen LogP contribution in [0.3, 0.4) is 0 Å². The van der Waals surface area contributed by atoms with Gasteiger partial charge in [0.15, 0.2) is 0 Å². The fourth-order valence-electron chi connectivity index (χ4n) is 3.36. The molecule has 1 aliphatic heterocycles. The molecule has 0 atom stereocenters. The third kappa shape index (κ3) is 4.24. The fourth-order valence-corrected chi connectivity index (χ4v) is 4.41. The van der Waals surface area contributed by atoms with Crippen molar-refractivity contribution in [3.8, 4) is 5.75 Å². The lowest BCUT2D eigenvalue weighted by atomic mass is 9.86. The molecule has 0 aromatic heterocycles. The molecule has 0 saturated heterocycles. The summed E-state index contributed by atoms with van der Waals surface area (Å²) in [6.07, 6.45) is 3.17. The van der Waals surface area contributed by atoms with Gasteiger partial charge in [0.1, 0.15) is 11.4 Å². The molecule has 8 nitrogen and oxygen atoms in total. The van der Waals surface area contributed by atoms with Crippen molar-refractivity contribution in [2.45, 2.75) is 33.1 Å². The van der Waals surface area contributed by atoms with Gasteiger partial charge >= 0.3 is 16.2 Å². The zero-order valence-electron chi connectivity index (χ0n) is 16.5. The number of nitrogens with zero attached hydrogens (tertiary/aromatic N) is 1. The number of aliphatic hydroxyl groups is 1. The number of fused-ring (bicyclic) bond motifs is 1.